The van der Waals surface area contributed by atoms with E-state index in [9.17, 15) is 13.5 Å². The lowest BCUT2D eigenvalue weighted by Gasteiger charge is -2.33. The SMILES string of the molecule is CC1(C)OCc2cc([C@@H](O)CNCCCCCCOCCCCc3csc(S(N)(=O)=O)c3)ccc2O1. The number of nitrogens with one attached hydrogen (secondary N) is 1. The standard InChI is InChI=1S/C26H40N2O6S2/c1-26(2)33-18-22-16-21(10-11-24(22)34-26)23(29)17-28-12-6-3-4-7-13-32-14-8-5-9-20-15-25(35-19-20)36(27,30)31/h10-11,15-16,19,23,28-29H,3-9,12-14,17-18H2,1-2H3,(H2,27,30,31)/t23-/m0/s1. The highest BCUT2D eigenvalue weighted by Crippen LogP contribution is 2.32. The van der Waals surface area contributed by atoms with Crippen LogP contribution in [0.15, 0.2) is 33.9 Å². The third kappa shape index (κ3) is 9.74. The van der Waals surface area contributed by atoms with Crippen molar-refractivity contribution in [3.05, 3.63) is 46.3 Å². The van der Waals surface area contributed by atoms with Crippen molar-refractivity contribution in [2.75, 3.05) is 26.3 Å². The Hall–Kier alpha value is -1.53. The van der Waals surface area contributed by atoms with Crippen LogP contribution in [-0.4, -0.2) is 45.6 Å². The number of primary sulfonamides is 1. The van der Waals surface area contributed by atoms with Crippen molar-refractivity contribution in [1.29, 1.82) is 0 Å². The van der Waals surface area contributed by atoms with Crippen LogP contribution >= 0.6 is 11.3 Å². The highest BCUT2D eigenvalue weighted by atomic mass is 32.2. The molecule has 0 saturated carbocycles. The van der Waals surface area contributed by atoms with E-state index in [1.165, 1.54) is 11.3 Å². The Kier molecular flexibility index (Phi) is 11.2. The van der Waals surface area contributed by atoms with Gasteiger partial charge in [-0.1, -0.05) is 18.9 Å². The van der Waals surface area contributed by atoms with Crippen LogP contribution in [0.1, 0.15) is 75.2 Å². The quantitative estimate of drug-likeness (QED) is 0.272. The minimum Gasteiger partial charge on any atom is -0.463 e. The third-order valence-electron chi connectivity index (χ3n) is 6.04. The number of hydrogen-bond donors (Lipinski definition) is 3. The third-order valence-corrected chi connectivity index (χ3v) is 8.48. The van der Waals surface area contributed by atoms with Crippen molar-refractivity contribution in [3.8, 4) is 5.75 Å². The molecular weight excluding hydrogens is 500 g/mol. The number of thiophene rings is 1. The summed E-state index contributed by atoms with van der Waals surface area (Å²) in [5, 5.41) is 20.8. The van der Waals surface area contributed by atoms with Gasteiger partial charge in [0.2, 0.25) is 15.8 Å². The summed E-state index contributed by atoms with van der Waals surface area (Å²) in [7, 11) is -3.59. The van der Waals surface area contributed by atoms with Crippen molar-refractivity contribution in [1.82, 2.24) is 5.32 Å². The van der Waals surface area contributed by atoms with Gasteiger partial charge in [-0.2, -0.15) is 0 Å². The maximum atomic E-state index is 11.3. The highest BCUT2D eigenvalue weighted by Gasteiger charge is 2.27. The zero-order valence-corrected chi connectivity index (χ0v) is 23.0. The molecule has 8 nitrogen and oxygen atoms in total. The lowest BCUT2D eigenvalue weighted by molar-refractivity contribution is -0.180. The molecule has 0 radical (unpaired) electrons. The van der Waals surface area contributed by atoms with E-state index in [2.05, 4.69) is 5.32 Å². The smallest absolute Gasteiger partial charge is 0.247 e. The molecule has 0 amide bonds. The lowest BCUT2D eigenvalue weighted by Crippen LogP contribution is -2.35. The van der Waals surface area contributed by atoms with Crippen LogP contribution in [0.3, 0.4) is 0 Å². The van der Waals surface area contributed by atoms with E-state index >= 15 is 0 Å². The Labute approximate surface area is 219 Å². The van der Waals surface area contributed by atoms with Gasteiger partial charge >= 0.3 is 0 Å². The molecule has 0 saturated heterocycles. The Balaban J connectivity index is 1.15. The number of benzene rings is 1. The van der Waals surface area contributed by atoms with Crippen molar-refractivity contribution in [2.45, 2.75) is 81.5 Å². The lowest BCUT2D eigenvalue weighted by atomic mass is 10.0. The summed E-state index contributed by atoms with van der Waals surface area (Å²) < 4.78 is 40.0. The first-order valence-corrected chi connectivity index (χ1v) is 15.1. The number of aliphatic hydroxyl groups excluding tert-OH is 1. The van der Waals surface area contributed by atoms with Crippen LogP contribution in [0.4, 0.5) is 0 Å². The fraction of sp³-hybridized carbons (Fsp3) is 0.615. The van der Waals surface area contributed by atoms with E-state index < -0.39 is 21.9 Å². The largest absolute Gasteiger partial charge is 0.463 e. The van der Waals surface area contributed by atoms with E-state index in [0.29, 0.717) is 13.2 Å². The number of ether oxygens (including phenoxy) is 3. The Morgan fingerprint density at radius 1 is 1.14 bits per heavy atom. The molecule has 0 spiro atoms. The van der Waals surface area contributed by atoms with Crippen LogP contribution in [-0.2, 0) is 32.5 Å². The molecule has 4 N–H and O–H groups in total. The van der Waals surface area contributed by atoms with Gasteiger partial charge in [0.25, 0.3) is 0 Å². The second kappa shape index (κ2) is 13.9. The van der Waals surface area contributed by atoms with Crippen molar-refractivity contribution in [3.63, 3.8) is 0 Å². The van der Waals surface area contributed by atoms with E-state index in [1.54, 1.807) is 6.07 Å². The molecule has 10 heteroatoms. The Bertz CT molecular complexity index is 1050. The minimum atomic E-state index is -3.59. The van der Waals surface area contributed by atoms with Gasteiger partial charge < -0.3 is 24.6 Å². The number of rotatable bonds is 16. The Morgan fingerprint density at radius 3 is 2.64 bits per heavy atom. The van der Waals surface area contributed by atoms with Gasteiger partial charge in [0.15, 0.2) is 0 Å². The minimum absolute atomic E-state index is 0.227. The fourth-order valence-corrected chi connectivity index (χ4v) is 5.67. The maximum Gasteiger partial charge on any atom is 0.247 e. The molecule has 1 aromatic heterocycles. The average Bonchev–Trinajstić information content (AvgIpc) is 3.31. The average molecular weight is 541 g/mol. The summed E-state index contributed by atoms with van der Waals surface area (Å²) in [6.45, 7) is 7.15. The number of aliphatic hydroxyl groups is 1. The van der Waals surface area contributed by atoms with Gasteiger partial charge in [-0.25, -0.2) is 13.6 Å². The van der Waals surface area contributed by atoms with Gasteiger partial charge in [0, 0.05) is 39.2 Å². The van der Waals surface area contributed by atoms with Crippen molar-refractivity contribution >= 4 is 21.4 Å². The second-order valence-electron chi connectivity index (χ2n) is 9.68. The molecule has 0 unspecified atom stereocenters. The second-order valence-corrected chi connectivity index (χ2v) is 12.4. The molecular formula is C26H40N2O6S2. The number of nitrogens with two attached hydrogens (primary N) is 1. The van der Waals surface area contributed by atoms with Crippen molar-refractivity contribution < 1.29 is 27.7 Å². The molecule has 202 valence electrons. The highest BCUT2D eigenvalue weighted by molar-refractivity contribution is 7.91. The van der Waals surface area contributed by atoms with Crippen LogP contribution in [0.5, 0.6) is 5.75 Å². The van der Waals surface area contributed by atoms with E-state index in [0.717, 1.165) is 87.1 Å². The summed E-state index contributed by atoms with van der Waals surface area (Å²) in [5.41, 5.74) is 2.85. The zero-order valence-electron chi connectivity index (χ0n) is 21.3. The fourth-order valence-electron chi connectivity index (χ4n) is 4.00. The molecule has 1 aliphatic heterocycles. The summed E-state index contributed by atoms with van der Waals surface area (Å²) in [6.07, 6.45) is 6.55. The van der Waals surface area contributed by atoms with Crippen molar-refractivity contribution in [2.24, 2.45) is 5.14 Å². The number of sulfonamides is 1. The topological polar surface area (TPSA) is 120 Å². The predicted octanol–water partition coefficient (Wildman–Crippen LogP) is 4.26. The number of aryl methyl sites for hydroxylation is 1. The number of hydrogen-bond acceptors (Lipinski definition) is 8. The van der Waals surface area contributed by atoms with E-state index in [4.69, 9.17) is 19.3 Å². The molecule has 1 aromatic carbocycles. The molecule has 0 aliphatic carbocycles. The zero-order chi connectivity index (χ0) is 26.0. The molecule has 0 bridgehead atoms. The molecule has 1 atom stereocenters. The maximum absolute atomic E-state index is 11.3. The van der Waals surface area contributed by atoms with E-state index in [-0.39, 0.29) is 4.21 Å². The van der Waals surface area contributed by atoms with Gasteiger partial charge in [0.1, 0.15) is 9.96 Å². The van der Waals surface area contributed by atoms with Crippen LogP contribution < -0.4 is 15.2 Å². The predicted molar refractivity (Wildman–Crippen MR) is 142 cm³/mol. The first-order chi connectivity index (χ1) is 17.1. The van der Waals surface area contributed by atoms with Gasteiger partial charge in [-0.15, -0.1) is 11.3 Å². The van der Waals surface area contributed by atoms with Gasteiger partial charge in [0.05, 0.1) is 12.7 Å². The first kappa shape index (κ1) is 29.0. The monoisotopic (exact) mass is 540 g/mol. The van der Waals surface area contributed by atoms with E-state index in [1.807, 2.05) is 37.4 Å². The number of fused-ring (bicyclic) bond motifs is 1. The normalized spacial score (nSPS) is 15.9. The van der Waals surface area contributed by atoms with Crippen LogP contribution in [0.25, 0.3) is 0 Å². The summed E-state index contributed by atoms with van der Waals surface area (Å²) in [5.74, 6) is 0.204. The number of unbranched alkanes of at least 4 members (excludes halogenated alkanes) is 4. The summed E-state index contributed by atoms with van der Waals surface area (Å²) >= 11 is 1.18. The molecule has 2 aromatic rings. The summed E-state index contributed by atoms with van der Waals surface area (Å²) in [6, 6.07) is 7.45. The molecule has 0 fully saturated rings. The molecule has 2 heterocycles. The molecule has 3 rings (SSSR count). The van der Waals surface area contributed by atoms with Gasteiger partial charge in [-0.3, -0.25) is 0 Å². The summed E-state index contributed by atoms with van der Waals surface area (Å²) in [4.78, 5) is 0. The van der Waals surface area contributed by atoms with Crippen LogP contribution in [0.2, 0.25) is 0 Å². The van der Waals surface area contributed by atoms with Crippen LogP contribution in [0, 0.1) is 0 Å². The first-order valence-electron chi connectivity index (χ1n) is 12.7. The molecule has 36 heavy (non-hydrogen) atoms. The Morgan fingerprint density at radius 2 is 1.89 bits per heavy atom. The van der Waals surface area contributed by atoms with Gasteiger partial charge in [-0.05, 0) is 73.4 Å². The molecule has 1 aliphatic rings.